The largest absolute Gasteiger partial charge is 0.336 e. The van der Waals surface area contributed by atoms with Crippen molar-refractivity contribution in [1.82, 2.24) is 14.8 Å². The summed E-state index contributed by atoms with van der Waals surface area (Å²) >= 11 is 1.53. The number of carbonyl (C=O) groups is 2. The molecule has 2 aromatic carbocycles. The zero-order chi connectivity index (χ0) is 21.4. The molecule has 0 saturated carbocycles. The van der Waals surface area contributed by atoms with Crippen LogP contribution in [-0.4, -0.2) is 58.0 Å². The number of aromatic nitrogens is 1. The number of para-hydroxylation sites is 1. The Hall–Kier alpha value is -2.90. The van der Waals surface area contributed by atoms with Gasteiger partial charge in [-0.3, -0.25) is 19.5 Å². The number of amides is 2. The number of hydrogen-bond donors (Lipinski definition) is 1. The Morgan fingerprint density at radius 3 is 2.77 bits per heavy atom. The van der Waals surface area contributed by atoms with E-state index < -0.39 is 0 Å². The van der Waals surface area contributed by atoms with E-state index in [-0.39, 0.29) is 17.1 Å². The fourth-order valence-corrected chi connectivity index (χ4v) is 5.10. The third kappa shape index (κ3) is 4.03. The molecule has 158 valence electrons. The van der Waals surface area contributed by atoms with Crippen molar-refractivity contribution in [2.45, 2.75) is 23.6 Å². The molecule has 0 aliphatic carbocycles. The average molecular weight is 433 g/mol. The Morgan fingerprint density at radius 1 is 1.13 bits per heavy atom. The monoisotopic (exact) mass is 432 g/mol. The van der Waals surface area contributed by atoms with Gasteiger partial charge in [0.15, 0.2) is 0 Å². The first-order chi connectivity index (χ1) is 15.1. The van der Waals surface area contributed by atoms with Crippen LogP contribution in [0.4, 0.5) is 5.69 Å². The summed E-state index contributed by atoms with van der Waals surface area (Å²) in [5.74, 6) is 0.00536. The summed E-state index contributed by atoms with van der Waals surface area (Å²) in [6.45, 7) is 5.74. The molecule has 2 amide bonds. The summed E-state index contributed by atoms with van der Waals surface area (Å²) in [7, 11) is 0. The van der Waals surface area contributed by atoms with Crippen LogP contribution < -0.4 is 5.32 Å². The average Bonchev–Trinajstić information content (AvgIpc) is 2.80. The van der Waals surface area contributed by atoms with E-state index in [1.54, 1.807) is 0 Å². The molecule has 5 rings (SSSR count). The highest BCUT2D eigenvalue weighted by Gasteiger charge is 2.26. The fraction of sp³-hybridized carbons (Fsp3) is 0.292. The molecule has 2 aliphatic heterocycles. The molecule has 0 bridgehead atoms. The van der Waals surface area contributed by atoms with E-state index in [0.29, 0.717) is 18.7 Å². The number of hydrogen-bond acceptors (Lipinski definition) is 5. The molecule has 0 spiro atoms. The lowest BCUT2D eigenvalue weighted by atomic mass is 10.1. The molecule has 7 heteroatoms. The third-order valence-corrected chi connectivity index (χ3v) is 7.10. The van der Waals surface area contributed by atoms with Crippen molar-refractivity contribution in [2.24, 2.45) is 0 Å². The lowest BCUT2D eigenvalue weighted by Crippen LogP contribution is -2.48. The molecule has 3 aromatic rings. The van der Waals surface area contributed by atoms with Gasteiger partial charge in [-0.2, -0.15) is 0 Å². The lowest BCUT2D eigenvalue weighted by molar-refractivity contribution is -0.115. The van der Waals surface area contributed by atoms with Crippen molar-refractivity contribution in [1.29, 1.82) is 0 Å². The van der Waals surface area contributed by atoms with Gasteiger partial charge in [-0.25, -0.2) is 0 Å². The molecule has 0 radical (unpaired) electrons. The molecular weight excluding hydrogens is 408 g/mol. The van der Waals surface area contributed by atoms with Gasteiger partial charge in [0, 0.05) is 54.8 Å². The van der Waals surface area contributed by atoms with Gasteiger partial charge in [-0.15, -0.1) is 11.8 Å². The molecule has 1 aromatic heterocycles. The van der Waals surface area contributed by atoms with Crippen LogP contribution in [0.25, 0.3) is 10.9 Å². The summed E-state index contributed by atoms with van der Waals surface area (Å²) in [5.41, 5.74) is 3.63. The number of benzene rings is 2. The van der Waals surface area contributed by atoms with Gasteiger partial charge in [-0.1, -0.05) is 24.3 Å². The minimum absolute atomic E-state index is 0.0151. The Balaban J connectivity index is 1.24. The van der Waals surface area contributed by atoms with Gasteiger partial charge in [-0.05, 0) is 36.8 Å². The van der Waals surface area contributed by atoms with Crippen LogP contribution in [-0.2, 0) is 11.3 Å². The number of thioether (sulfide) groups is 1. The van der Waals surface area contributed by atoms with Crippen molar-refractivity contribution >= 4 is 40.2 Å². The molecule has 1 N–H and O–H groups in total. The number of rotatable bonds is 3. The van der Waals surface area contributed by atoms with Crippen molar-refractivity contribution in [3.63, 3.8) is 0 Å². The Kier molecular flexibility index (Phi) is 5.38. The highest BCUT2D eigenvalue weighted by atomic mass is 32.2. The van der Waals surface area contributed by atoms with E-state index in [1.165, 1.54) is 17.3 Å². The van der Waals surface area contributed by atoms with Crippen LogP contribution in [0.1, 0.15) is 22.8 Å². The maximum Gasteiger partial charge on any atom is 0.254 e. The van der Waals surface area contributed by atoms with Gasteiger partial charge in [0.05, 0.1) is 16.5 Å². The predicted molar refractivity (Wildman–Crippen MR) is 123 cm³/mol. The smallest absolute Gasteiger partial charge is 0.254 e. The summed E-state index contributed by atoms with van der Waals surface area (Å²) in [5, 5.41) is 3.95. The first-order valence-electron chi connectivity index (χ1n) is 10.5. The molecule has 1 unspecified atom stereocenters. The molecule has 6 nitrogen and oxygen atoms in total. The first-order valence-corrected chi connectivity index (χ1v) is 11.4. The maximum absolute atomic E-state index is 13.0. The molecule has 1 fully saturated rings. The van der Waals surface area contributed by atoms with Crippen molar-refractivity contribution in [2.75, 3.05) is 31.5 Å². The molecule has 2 aliphatic rings. The summed E-state index contributed by atoms with van der Waals surface area (Å²) in [6.07, 6.45) is 1.84. The quantitative estimate of drug-likeness (QED) is 0.685. The van der Waals surface area contributed by atoms with Gasteiger partial charge >= 0.3 is 0 Å². The Bertz CT molecular complexity index is 1150. The highest BCUT2D eigenvalue weighted by Crippen LogP contribution is 2.36. The second-order valence-electron chi connectivity index (χ2n) is 8.02. The Morgan fingerprint density at radius 2 is 1.94 bits per heavy atom. The fourth-order valence-electron chi connectivity index (χ4n) is 4.17. The van der Waals surface area contributed by atoms with Gasteiger partial charge in [0.1, 0.15) is 0 Å². The van der Waals surface area contributed by atoms with Crippen molar-refractivity contribution in [3.05, 3.63) is 65.9 Å². The number of nitrogens with zero attached hydrogens (tertiary/aromatic N) is 3. The third-order valence-electron chi connectivity index (χ3n) is 5.93. The van der Waals surface area contributed by atoms with E-state index in [0.717, 1.165) is 41.1 Å². The van der Waals surface area contributed by atoms with Gasteiger partial charge < -0.3 is 10.2 Å². The normalized spacial score (nSPS) is 19.2. The van der Waals surface area contributed by atoms with E-state index in [2.05, 4.69) is 39.5 Å². The van der Waals surface area contributed by atoms with E-state index >= 15 is 0 Å². The van der Waals surface area contributed by atoms with Gasteiger partial charge in [0.2, 0.25) is 5.91 Å². The summed E-state index contributed by atoms with van der Waals surface area (Å²) < 4.78 is 0. The number of nitrogens with one attached hydrogen (secondary N) is 1. The topological polar surface area (TPSA) is 65.5 Å². The molecule has 1 saturated heterocycles. The highest BCUT2D eigenvalue weighted by molar-refractivity contribution is 8.00. The second-order valence-corrected chi connectivity index (χ2v) is 9.40. The van der Waals surface area contributed by atoms with Crippen molar-refractivity contribution < 1.29 is 9.59 Å². The van der Waals surface area contributed by atoms with Crippen LogP contribution in [0, 0.1) is 0 Å². The van der Waals surface area contributed by atoms with E-state index in [9.17, 15) is 9.59 Å². The van der Waals surface area contributed by atoms with Crippen molar-refractivity contribution in [3.8, 4) is 0 Å². The summed E-state index contributed by atoms with van der Waals surface area (Å²) in [4.78, 5) is 34.9. The van der Waals surface area contributed by atoms with Crippen LogP contribution in [0.5, 0.6) is 0 Å². The maximum atomic E-state index is 13.0. The summed E-state index contributed by atoms with van der Waals surface area (Å²) in [6, 6.07) is 16.0. The molecule has 3 heterocycles. The zero-order valence-corrected chi connectivity index (χ0v) is 18.2. The number of anilines is 1. The molecule has 1 atom stereocenters. The molecular formula is C24H24N4O2S. The SMILES string of the molecule is CC1Sc2ccc(C(=O)N3CCN(Cc4cccc5cccnc45)CC3)cc2NC1=O. The van der Waals surface area contributed by atoms with Crippen LogP contribution in [0.2, 0.25) is 0 Å². The number of carbonyl (C=O) groups excluding carboxylic acids is 2. The minimum atomic E-state index is -0.112. The van der Waals surface area contributed by atoms with E-state index in [1.807, 2.05) is 42.3 Å². The molecule has 31 heavy (non-hydrogen) atoms. The number of pyridine rings is 1. The van der Waals surface area contributed by atoms with Crippen LogP contribution in [0.3, 0.4) is 0 Å². The zero-order valence-electron chi connectivity index (χ0n) is 17.4. The van der Waals surface area contributed by atoms with Crippen LogP contribution >= 0.6 is 11.8 Å². The lowest BCUT2D eigenvalue weighted by Gasteiger charge is -2.35. The standard InChI is InChI=1S/C24H24N4O2S/c1-16-23(29)26-20-14-18(7-8-21(20)31-16)24(30)28-12-10-27(11-13-28)15-19-5-2-4-17-6-3-9-25-22(17)19/h2-9,14,16H,10-13,15H2,1H3,(H,26,29). The number of fused-ring (bicyclic) bond motifs is 2. The first kappa shape index (κ1) is 20.0. The Labute approximate surface area is 185 Å². The minimum Gasteiger partial charge on any atom is -0.336 e. The van der Waals surface area contributed by atoms with Crippen LogP contribution in [0.15, 0.2) is 59.6 Å². The number of piperazine rings is 1. The van der Waals surface area contributed by atoms with Gasteiger partial charge in [0.25, 0.3) is 5.91 Å². The second kappa shape index (κ2) is 8.32. The van der Waals surface area contributed by atoms with E-state index in [4.69, 9.17) is 0 Å². The predicted octanol–water partition coefficient (Wildman–Crippen LogP) is 3.63.